The van der Waals surface area contributed by atoms with Crippen molar-refractivity contribution in [1.29, 1.82) is 0 Å². The highest BCUT2D eigenvalue weighted by Crippen LogP contribution is 2.26. The molecule has 0 amide bonds. The minimum absolute atomic E-state index is 0.373. The third kappa shape index (κ3) is 2.60. The van der Waals surface area contributed by atoms with Gasteiger partial charge in [0.05, 0.1) is 23.9 Å². The minimum atomic E-state index is -0.444. The van der Waals surface area contributed by atoms with Gasteiger partial charge >= 0.3 is 5.97 Å². The summed E-state index contributed by atoms with van der Waals surface area (Å²) in [6.45, 7) is 0. The van der Waals surface area contributed by atoms with Crippen molar-refractivity contribution in [3.8, 4) is 11.3 Å². The molecule has 0 bridgehead atoms. The maximum absolute atomic E-state index is 11.9. The Labute approximate surface area is 127 Å². The molecule has 4 heteroatoms. The lowest BCUT2D eigenvalue weighted by Crippen LogP contribution is -2.03. The first-order valence-corrected chi connectivity index (χ1v) is 6.81. The van der Waals surface area contributed by atoms with E-state index in [0.29, 0.717) is 16.1 Å². The van der Waals surface area contributed by atoms with E-state index in [1.807, 2.05) is 42.5 Å². The van der Waals surface area contributed by atoms with E-state index in [1.54, 1.807) is 12.1 Å². The van der Waals surface area contributed by atoms with Crippen molar-refractivity contribution in [3.05, 3.63) is 65.2 Å². The number of benzene rings is 2. The van der Waals surface area contributed by atoms with Gasteiger partial charge < -0.3 is 4.74 Å². The summed E-state index contributed by atoms with van der Waals surface area (Å²) < 4.78 is 4.81. The van der Waals surface area contributed by atoms with E-state index in [-0.39, 0.29) is 0 Å². The number of halogens is 1. The van der Waals surface area contributed by atoms with E-state index >= 15 is 0 Å². The fourth-order valence-corrected chi connectivity index (χ4v) is 2.46. The average Bonchev–Trinajstić information content (AvgIpc) is 2.53. The molecule has 1 heterocycles. The van der Waals surface area contributed by atoms with Gasteiger partial charge in [0.25, 0.3) is 0 Å². The van der Waals surface area contributed by atoms with Crippen LogP contribution in [-0.2, 0) is 4.74 Å². The summed E-state index contributed by atoms with van der Waals surface area (Å²) in [6.07, 6.45) is 0. The van der Waals surface area contributed by atoms with Gasteiger partial charge in [-0.3, -0.25) is 0 Å². The van der Waals surface area contributed by atoms with E-state index in [2.05, 4.69) is 4.98 Å². The Morgan fingerprint density at radius 3 is 2.57 bits per heavy atom. The summed E-state index contributed by atoms with van der Waals surface area (Å²) in [5, 5.41) is 1.29. The molecular formula is C17H12ClNO2. The number of nitrogens with zero attached hydrogens (tertiary/aromatic N) is 1. The molecule has 0 saturated carbocycles. The van der Waals surface area contributed by atoms with Crippen LogP contribution in [0.2, 0.25) is 5.02 Å². The Balaban J connectivity index is 2.25. The van der Waals surface area contributed by atoms with Gasteiger partial charge in [-0.05, 0) is 18.2 Å². The molecule has 0 unspecified atom stereocenters. The smallest absolute Gasteiger partial charge is 0.340 e. The number of methoxy groups -OCH3 is 1. The second-order valence-electron chi connectivity index (χ2n) is 4.58. The van der Waals surface area contributed by atoms with Gasteiger partial charge in [0, 0.05) is 16.0 Å². The number of rotatable bonds is 2. The van der Waals surface area contributed by atoms with Crippen LogP contribution >= 0.6 is 11.6 Å². The normalized spacial score (nSPS) is 10.6. The molecule has 3 rings (SSSR count). The van der Waals surface area contributed by atoms with Crippen LogP contribution in [0.1, 0.15) is 10.4 Å². The van der Waals surface area contributed by atoms with Crippen LogP contribution in [0.3, 0.4) is 0 Å². The molecule has 0 radical (unpaired) electrons. The third-order valence-electron chi connectivity index (χ3n) is 3.23. The molecule has 0 aliphatic rings. The molecule has 3 aromatic rings. The van der Waals surface area contributed by atoms with Gasteiger partial charge in [0.2, 0.25) is 0 Å². The number of fused-ring (bicyclic) bond motifs is 1. The summed E-state index contributed by atoms with van der Waals surface area (Å²) in [7, 11) is 1.34. The molecule has 2 aromatic carbocycles. The standard InChI is InChI=1S/C17H12ClNO2/c1-21-17(20)14-10-13(18)9-12-7-8-15(19-16(12)14)11-5-3-2-4-6-11/h2-10H,1H3. The fraction of sp³-hybridized carbons (Fsp3) is 0.0588. The van der Waals surface area contributed by atoms with E-state index in [9.17, 15) is 4.79 Å². The number of hydrogen-bond donors (Lipinski definition) is 0. The second kappa shape index (κ2) is 5.54. The SMILES string of the molecule is COC(=O)c1cc(Cl)cc2ccc(-c3ccccc3)nc12. The van der Waals surface area contributed by atoms with Crippen molar-refractivity contribution < 1.29 is 9.53 Å². The molecule has 0 N–H and O–H groups in total. The molecule has 1 aromatic heterocycles. The summed E-state index contributed by atoms with van der Waals surface area (Å²) in [5.41, 5.74) is 2.76. The van der Waals surface area contributed by atoms with Crippen molar-refractivity contribution in [2.24, 2.45) is 0 Å². The molecule has 0 aliphatic carbocycles. The van der Waals surface area contributed by atoms with Gasteiger partial charge in [-0.2, -0.15) is 0 Å². The number of aromatic nitrogens is 1. The van der Waals surface area contributed by atoms with Crippen molar-refractivity contribution in [2.45, 2.75) is 0 Å². The molecule has 0 saturated heterocycles. The molecule has 0 fully saturated rings. The highest BCUT2D eigenvalue weighted by atomic mass is 35.5. The average molecular weight is 298 g/mol. The van der Waals surface area contributed by atoms with Crippen LogP contribution in [0.25, 0.3) is 22.2 Å². The fourth-order valence-electron chi connectivity index (χ4n) is 2.23. The lowest BCUT2D eigenvalue weighted by atomic mass is 10.1. The molecule has 3 nitrogen and oxygen atoms in total. The van der Waals surface area contributed by atoms with E-state index < -0.39 is 5.97 Å². The Morgan fingerprint density at radius 2 is 1.86 bits per heavy atom. The zero-order valence-corrected chi connectivity index (χ0v) is 12.1. The second-order valence-corrected chi connectivity index (χ2v) is 5.02. The largest absolute Gasteiger partial charge is 0.465 e. The number of carbonyl (C=O) groups excluding carboxylic acids is 1. The zero-order valence-electron chi connectivity index (χ0n) is 11.3. The van der Waals surface area contributed by atoms with E-state index in [1.165, 1.54) is 7.11 Å². The lowest BCUT2D eigenvalue weighted by Gasteiger charge is -2.08. The Kier molecular flexibility index (Phi) is 3.59. The predicted octanol–water partition coefficient (Wildman–Crippen LogP) is 4.34. The predicted molar refractivity (Wildman–Crippen MR) is 83.5 cm³/mol. The topological polar surface area (TPSA) is 39.2 Å². The monoisotopic (exact) mass is 297 g/mol. The molecule has 0 spiro atoms. The zero-order chi connectivity index (χ0) is 14.8. The molecule has 104 valence electrons. The number of ether oxygens (including phenoxy) is 1. The Bertz CT molecular complexity index is 816. The van der Waals surface area contributed by atoms with Gasteiger partial charge in [-0.25, -0.2) is 9.78 Å². The third-order valence-corrected chi connectivity index (χ3v) is 3.45. The number of pyridine rings is 1. The van der Waals surface area contributed by atoms with Crippen LogP contribution in [0, 0.1) is 0 Å². The van der Waals surface area contributed by atoms with E-state index in [4.69, 9.17) is 16.3 Å². The van der Waals surface area contributed by atoms with Gasteiger partial charge in [0.1, 0.15) is 0 Å². The van der Waals surface area contributed by atoms with Gasteiger partial charge in [-0.15, -0.1) is 0 Å². The van der Waals surface area contributed by atoms with Crippen LogP contribution in [-0.4, -0.2) is 18.1 Å². The molecule has 0 atom stereocenters. The van der Waals surface area contributed by atoms with Crippen molar-refractivity contribution in [3.63, 3.8) is 0 Å². The highest BCUT2D eigenvalue weighted by molar-refractivity contribution is 6.32. The first-order chi connectivity index (χ1) is 10.2. The first kappa shape index (κ1) is 13.6. The highest BCUT2D eigenvalue weighted by Gasteiger charge is 2.14. The van der Waals surface area contributed by atoms with Crippen LogP contribution < -0.4 is 0 Å². The van der Waals surface area contributed by atoms with Crippen LogP contribution in [0.15, 0.2) is 54.6 Å². The van der Waals surface area contributed by atoms with Crippen molar-refractivity contribution in [2.75, 3.05) is 7.11 Å². The number of hydrogen-bond acceptors (Lipinski definition) is 3. The molecule has 21 heavy (non-hydrogen) atoms. The Morgan fingerprint density at radius 1 is 1.10 bits per heavy atom. The maximum atomic E-state index is 11.9. The van der Waals surface area contributed by atoms with Gasteiger partial charge in [-0.1, -0.05) is 48.0 Å². The number of carbonyl (C=O) groups is 1. The van der Waals surface area contributed by atoms with Crippen molar-refractivity contribution >= 4 is 28.5 Å². The Hall–Kier alpha value is -2.39. The quantitative estimate of drug-likeness (QED) is 0.660. The number of esters is 1. The minimum Gasteiger partial charge on any atom is -0.465 e. The lowest BCUT2D eigenvalue weighted by molar-refractivity contribution is 0.0603. The van der Waals surface area contributed by atoms with Crippen LogP contribution in [0.4, 0.5) is 0 Å². The summed E-state index contributed by atoms with van der Waals surface area (Å²) in [5.74, 6) is -0.444. The van der Waals surface area contributed by atoms with Crippen molar-refractivity contribution in [1.82, 2.24) is 4.98 Å². The van der Waals surface area contributed by atoms with E-state index in [0.717, 1.165) is 16.6 Å². The summed E-state index contributed by atoms with van der Waals surface area (Å²) >= 11 is 6.05. The summed E-state index contributed by atoms with van der Waals surface area (Å²) in [4.78, 5) is 16.5. The molecule has 0 aliphatic heterocycles. The van der Waals surface area contributed by atoms with Crippen LogP contribution in [0.5, 0.6) is 0 Å². The first-order valence-electron chi connectivity index (χ1n) is 6.43. The summed E-state index contributed by atoms with van der Waals surface area (Å²) in [6, 6.07) is 17.0. The van der Waals surface area contributed by atoms with Gasteiger partial charge in [0.15, 0.2) is 0 Å². The molecular weight excluding hydrogens is 286 g/mol. The maximum Gasteiger partial charge on any atom is 0.340 e.